The van der Waals surface area contributed by atoms with E-state index in [1.807, 2.05) is 69.2 Å². The summed E-state index contributed by atoms with van der Waals surface area (Å²) >= 11 is 0. The number of Topliss-reactive ketones (excluding diaryl/α,β-unsaturated/α-hetero) is 3. The average molecular weight is 1860 g/mol. The van der Waals surface area contributed by atoms with Crippen LogP contribution in [-0.4, -0.2) is 153 Å². The number of hydrogen-bond donors (Lipinski definition) is 3. The molecule has 0 spiro atoms. The summed E-state index contributed by atoms with van der Waals surface area (Å²) in [6.45, 7) is 29.3. The molecule has 27 nitrogen and oxygen atoms in total. The van der Waals surface area contributed by atoms with Gasteiger partial charge in [-0.1, -0.05) is 45.0 Å². The molecular weight excluding hydrogens is 1740 g/mol. The third-order valence-corrected chi connectivity index (χ3v) is 28.0. The van der Waals surface area contributed by atoms with E-state index in [4.69, 9.17) is 18.9 Å². The number of nitrogens with one attached hydrogen (secondary N) is 1. The van der Waals surface area contributed by atoms with Crippen molar-refractivity contribution < 1.29 is 82.7 Å². The highest BCUT2D eigenvalue weighted by Gasteiger charge is 2.46. The van der Waals surface area contributed by atoms with Crippen molar-refractivity contribution in [3.05, 3.63) is 234 Å². The zero-order valence-corrected chi connectivity index (χ0v) is 79.0. The molecule has 2 aliphatic heterocycles. The monoisotopic (exact) mass is 1860 g/mol. The topological polar surface area (TPSA) is 334 Å². The number of aliphatic hydroxyl groups excluding tert-OH is 1. The van der Waals surface area contributed by atoms with Crippen LogP contribution in [0.3, 0.4) is 0 Å². The largest absolute Gasteiger partial charge is 0.461 e. The van der Waals surface area contributed by atoms with Gasteiger partial charge in [-0.05, 0) is 234 Å². The standard InChI is InChI=1S/C26H31FN2O5S.C25H31FN2O4.C24H28FN3O4.C24H27FN2O5S/c1-17(2)28-23-14-19(24(30)16-26(4)10-12-35(32,33)13-11-26)8-9-22(23)29(25(28)31)20-6-5-7-21(15-20)34-18(3)27;1-15(2)27-22-13-18(23(29)12-16(3)25(5,6)31)10-11-21(22)28(24(27)30)19-8-7-9-20(14-19)32-17(4)26;1-14(2)27-21-12-16(23(30)26-19-8-5-9-22(19)29)10-11-20(21)28(24(27)31)17-6-4-7-18(13-17)32-15(3)25;1-15(2)26-21-10-17(22(28)12-24(4)13-33(30,31)14-24)8-9-20(21)27(23(26)29)18-6-5-7-19(11-18)32-16(3)25/h5-9,14-15,17-18H,10-13,16H2,1-4H3;7-11,13-17,31H,12H2,1-6H3;4,6-7,10-15,19,22,29H,5,8-9H2,1-3H3,(H,26,30);5-11,15-16H,12-14H2,1-4H3/t;;15?,19-,22-;/m..0./s1. The number of rotatable bonds is 28. The lowest BCUT2D eigenvalue weighted by Gasteiger charge is -2.37. The maximum atomic E-state index is 13.4. The minimum atomic E-state index is -3.05. The summed E-state index contributed by atoms with van der Waals surface area (Å²) in [7, 11) is -6.07. The summed E-state index contributed by atoms with van der Waals surface area (Å²) in [5.41, 5.74) is 6.01. The van der Waals surface area contributed by atoms with Crippen molar-refractivity contribution >= 4 is 87.1 Å². The van der Waals surface area contributed by atoms with Crippen molar-refractivity contribution in [1.82, 2.24) is 41.9 Å². The molecule has 0 radical (unpaired) electrons. The van der Waals surface area contributed by atoms with E-state index >= 15 is 0 Å². The fourth-order valence-corrected chi connectivity index (χ4v) is 21.4. The lowest BCUT2D eigenvalue weighted by Crippen LogP contribution is -2.47. The number of ether oxygens (including phenoxy) is 4. The number of halogens is 4. The molecule has 3 aliphatic rings. The number of ketones is 3. The Morgan fingerprint density at radius 2 is 0.712 bits per heavy atom. The zero-order chi connectivity index (χ0) is 96.5. The molecule has 132 heavy (non-hydrogen) atoms. The van der Waals surface area contributed by atoms with E-state index in [2.05, 4.69) is 5.32 Å². The van der Waals surface area contributed by atoms with E-state index in [0.29, 0.717) is 131 Å². The molecule has 8 aromatic carbocycles. The maximum absolute atomic E-state index is 13.4. The molecule has 2 saturated heterocycles. The summed E-state index contributed by atoms with van der Waals surface area (Å²) in [4.78, 5) is 105. The van der Waals surface area contributed by atoms with Gasteiger partial charge in [-0.15, -0.1) is 0 Å². The van der Waals surface area contributed by atoms with Crippen molar-refractivity contribution in [2.45, 2.75) is 236 Å². The fraction of sp³-hybridized carbons (Fsp3) is 0.434. The molecule has 0 bridgehead atoms. The Morgan fingerprint density at radius 3 is 0.992 bits per heavy atom. The molecule has 12 aromatic rings. The summed E-state index contributed by atoms with van der Waals surface area (Å²) in [6, 6.07) is 46.4. The second-order valence-electron chi connectivity index (χ2n) is 37.0. The number of amides is 1. The number of benzene rings is 8. The molecule has 6 heterocycles. The Hall–Kier alpha value is -11.9. The first kappa shape index (κ1) is 99.1. The van der Waals surface area contributed by atoms with Crippen molar-refractivity contribution in [3.8, 4) is 45.7 Å². The van der Waals surface area contributed by atoms with Crippen LogP contribution in [-0.2, 0) is 19.7 Å². The fourth-order valence-electron chi connectivity index (χ4n) is 17.4. The van der Waals surface area contributed by atoms with E-state index < -0.39 is 62.2 Å². The molecule has 4 aromatic heterocycles. The summed E-state index contributed by atoms with van der Waals surface area (Å²) in [5.74, 6) is 0.670. The van der Waals surface area contributed by atoms with Crippen molar-refractivity contribution in [1.29, 1.82) is 0 Å². The minimum absolute atomic E-state index is 0.0109. The van der Waals surface area contributed by atoms with Crippen molar-refractivity contribution in [2.75, 3.05) is 23.0 Å². The predicted molar refractivity (Wildman–Crippen MR) is 503 cm³/mol. The van der Waals surface area contributed by atoms with Crippen LogP contribution in [0.1, 0.15) is 235 Å². The van der Waals surface area contributed by atoms with Gasteiger partial charge in [0.1, 0.15) is 32.8 Å². The second-order valence-corrected chi connectivity index (χ2v) is 41.4. The van der Waals surface area contributed by atoms with Crippen LogP contribution in [0.15, 0.2) is 189 Å². The first-order valence-corrected chi connectivity index (χ1v) is 48.0. The summed E-state index contributed by atoms with van der Waals surface area (Å²) < 4.78 is 133. The first-order chi connectivity index (χ1) is 61.9. The van der Waals surface area contributed by atoms with Gasteiger partial charge >= 0.3 is 22.8 Å². The smallest absolute Gasteiger partial charge is 0.333 e. The Kier molecular flexibility index (Phi) is 29.9. The summed E-state index contributed by atoms with van der Waals surface area (Å²) in [6.07, 6.45) is -2.63. The normalized spacial score (nSPS) is 17.3. The van der Waals surface area contributed by atoms with Gasteiger partial charge in [-0.25, -0.2) is 53.6 Å². The van der Waals surface area contributed by atoms with E-state index in [9.17, 15) is 83.0 Å². The predicted octanol–water partition coefficient (Wildman–Crippen LogP) is 17.7. The zero-order valence-electron chi connectivity index (χ0n) is 77.3. The molecule has 1 saturated carbocycles. The Bertz CT molecular complexity index is 6640. The van der Waals surface area contributed by atoms with Crippen LogP contribution in [0, 0.1) is 16.7 Å². The number of carbonyl (C=O) groups excluding carboxylic acids is 4. The highest BCUT2D eigenvalue weighted by molar-refractivity contribution is 7.92. The third kappa shape index (κ3) is 22.5. The van der Waals surface area contributed by atoms with Crippen LogP contribution >= 0.6 is 0 Å². The number of fused-ring (bicyclic) bond motifs is 4. The molecule has 3 fully saturated rings. The Balaban J connectivity index is 0.000000159. The number of carbonyl (C=O) groups is 4. The quantitative estimate of drug-likeness (QED) is 0.0303. The maximum Gasteiger partial charge on any atom is 0.333 e. The summed E-state index contributed by atoms with van der Waals surface area (Å²) in [5, 5.41) is 23.1. The average Bonchev–Trinajstić information content (AvgIpc) is 1.08. The molecule has 33 heteroatoms. The molecule has 7 atom stereocenters. The minimum Gasteiger partial charge on any atom is -0.461 e. The van der Waals surface area contributed by atoms with Crippen LogP contribution in [0.5, 0.6) is 23.0 Å². The number of imidazole rings is 4. The van der Waals surface area contributed by atoms with Gasteiger partial charge in [-0.3, -0.25) is 55.7 Å². The van der Waals surface area contributed by atoms with Gasteiger partial charge in [0.15, 0.2) is 27.2 Å². The van der Waals surface area contributed by atoms with Crippen molar-refractivity contribution in [3.63, 3.8) is 0 Å². The van der Waals surface area contributed by atoms with Gasteiger partial charge in [0, 0.05) is 123 Å². The van der Waals surface area contributed by atoms with Gasteiger partial charge < -0.3 is 34.5 Å². The molecule has 706 valence electrons. The Morgan fingerprint density at radius 1 is 0.417 bits per heavy atom. The lowest BCUT2D eigenvalue weighted by molar-refractivity contribution is 0.0213. The van der Waals surface area contributed by atoms with E-state index in [-0.39, 0.29) is 130 Å². The highest BCUT2D eigenvalue weighted by atomic mass is 32.2. The molecular formula is C99H117F4N9O18S2. The van der Waals surface area contributed by atoms with Crippen molar-refractivity contribution in [2.24, 2.45) is 16.7 Å². The van der Waals surface area contributed by atoms with E-state index in [0.717, 1.165) is 12.8 Å². The molecule has 15 rings (SSSR count). The molecule has 1 amide bonds. The number of aliphatic hydroxyl groups is 2. The SMILES string of the molecule is CC(F)Oc1cccc(-n2c(=O)n(C(C)C)c3cc(C(=O)CC(C)C(C)(C)O)ccc32)c1.CC(F)Oc1cccc(-n2c(=O)n(C(C)C)c3cc(C(=O)CC4(C)CCS(=O)(=O)CC4)ccc32)c1.CC(F)Oc1cccc(-n2c(=O)n(C(C)C)c3cc(C(=O)CC4(C)CS(=O)(=O)C4)ccc32)c1.CC(F)Oc1cccc(-n2c(=O)n(C(C)C)c3cc(C(=O)N[C@H]4CCC[C@@H]4O)ccc32)c1. The van der Waals surface area contributed by atoms with Crippen LogP contribution < -0.4 is 47.0 Å². The molecule has 3 N–H and O–H groups in total. The van der Waals surface area contributed by atoms with Crippen LogP contribution in [0.4, 0.5) is 17.6 Å². The number of nitrogens with zero attached hydrogens (tertiary/aromatic N) is 8. The van der Waals surface area contributed by atoms with E-state index in [1.165, 1.54) is 41.4 Å². The van der Waals surface area contributed by atoms with Gasteiger partial charge in [0.25, 0.3) is 5.91 Å². The van der Waals surface area contributed by atoms with Gasteiger partial charge in [0.2, 0.25) is 25.4 Å². The van der Waals surface area contributed by atoms with Crippen LogP contribution in [0.2, 0.25) is 0 Å². The lowest BCUT2D eigenvalue weighted by atomic mass is 9.78. The number of aromatic nitrogens is 8. The first-order valence-electron chi connectivity index (χ1n) is 44.4. The number of alkyl halides is 4. The molecule has 5 unspecified atom stereocenters. The molecule has 1 aliphatic carbocycles. The van der Waals surface area contributed by atoms with Gasteiger partial charge in [-0.2, -0.15) is 0 Å². The van der Waals surface area contributed by atoms with Gasteiger partial charge in [0.05, 0.1) is 108 Å². The Labute approximate surface area is 763 Å². The highest BCUT2D eigenvalue weighted by Crippen LogP contribution is 2.40. The van der Waals surface area contributed by atoms with E-state index in [1.54, 1.807) is 213 Å². The second kappa shape index (κ2) is 39.9. The van der Waals surface area contributed by atoms with Crippen LogP contribution in [0.25, 0.3) is 66.9 Å². The number of hydrogen-bond acceptors (Lipinski definition) is 18. The third-order valence-electron chi connectivity index (χ3n) is 24.1. The number of sulfone groups is 2.